The van der Waals surface area contributed by atoms with Gasteiger partial charge in [0.2, 0.25) is 0 Å². The summed E-state index contributed by atoms with van der Waals surface area (Å²) in [5, 5.41) is 3.52. The number of rotatable bonds is 7. The number of anilines is 1. The highest BCUT2D eigenvalue weighted by atomic mass is 16.5. The van der Waals surface area contributed by atoms with Crippen LogP contribution in [0.4, 0.5) is 5.69 Å². The topological polar surface area (TPSA) is 27.7 Å². The standard InChI is InChI=1S/C17H29N3O/c1-15(2)14-18-8-9-19-10-12-20(13-11-19)16-6-4-5-7-17(16)21-3/h4-7,15,18H,8-14H2,1-3H3. The molecule has 4 heteroatoms. The second-order valence-electron chi connectivity index (χ2n) is 6.10. The molecule has 1 aromatic carbocycles. The quantitative estimate of drug-likeness (QED) is 0.778. The van der Waals surface area contributed by atoms with E-state index in [1.54, 1.807) is 7.11 Å². The first-order valence-electron chi connectivity index (χ1n) is 8.01. The van der Waals surface area contributed by atoms with E-state index < -0.39 is 0 Å². The third-order valence-electron chi connectivity index (χ3n) is 3.96. The van der Waals surface area contributed by atoms with Gasteiger partial charge in [-0.3, -0.25) is 4.90 Å². The number of hydrogen-bond donors (Lipinski definition) is 1. The molecule has 0 atom stereocenters. The molecule has 1 aromatic rings. The number of para-hydroxylation sites is 2. The van der Waals surface area contributed by atoms with Gasteiger partial charge in [-0.2, -0.15) is 0 Å². The summed E-state index contributed by atoms with van der Waals surface area (Å²) in [5.41, 5.74) is 1.22. The highest BCUT2D eigenvalue weighted by Crippen LogP contribution is 2.28. The molecule has 1 saturated heterocycles. The Kier molecular flexibility index (Phi) is 6.33. The smallest absolute Gasteiger partial charge is 0.142 e. The molecule has 1 heterocycles. The number of piperazine rings is 1. The summed E-state index contributed by atoms with van der Waals surface area (Å²) in [6, 6.07) is 8.30. The number of methoxy groups -OCH3 is 1. The minimum absolute atomic E-state index is 0.729. The molecular formula is C17H29N3O. The van der Waals surface area contributed by atoms with Gasteiger partial charge < -0.3 is 15.0 Å². The van der Waals surface area contributed by atoms with Gasteiger partial charge in [0.1, 0.15) is 5.75 Å². The maximum Gasteiger partial charge on any atom is 0.142 e. The van der Waals surface area contributed by atoms with E-state index in [-0.39, 0.29) is 0 Å². The zero-order chi connectivity index (χ0) is 15.1. The van der Waals surface area contributed by atoms with Crippen LogP contribution in [-0.2, 0) is 0 Å². The Morgan fingerprint density at radius 1 is 1.14 bits per heavy atom. The van der Waals surface area contributed by atoms with E-state index in [9.17, 15) is 0 Å². The Morgan fingerprint density at radius 2 is 1.86 bits per heavy atom. The van der Waals surface area contributed by atoms with E-state index in [4.69, 9.17) is 4.74 Å². The summed E-state index contributed by atoms with van der Waals surface area (Å²) >= 11 is 0. The van der Waals surface area contributed by atoms with Crippen LogP contribution in [0, 0.1) is 5.92 Å². The lowest BCUT2D eigenvalue weighted by Crippen LogP contribution is -2.48. The van der Waals surface area contributed by atoms with Crippen molar-refractivity contribution >= 4 is 5.69 Å². The lowest BCUT2D eigenvalue weighted by molar-refractivity contribution is 0.255. The number of nitrogens with one attached hydrogen (secondary N) is 1. The summed E-state index contributed by atoms with van der Waals surface area (Å²) in [5.74, 6) is 1.71. The Labute approximate surface area is 129 Å². The van der Waals surface area contributed by atoms with Crippen molar-refractivity contribution in [1.82, 2.24) is 10.2 Å². The molecule has 0 amide bonds. The first-order chi connectivity index (χ1) is 10.2. The fourth-order valence-corrected chi connectivity index (χ4v) is 2.73. The van der Waals surface area contributed by atoms with Gasteiger partial charge in [-0.25, -0.2) is 0 Å². The minimum atomic E-state index is 0.729. The lowest BCUT2D eigenvalue weighted by Gasteiger charge is -2.36. The average Bonchev–Trinajstić information content (AvgIpc) is 2.52. The number of nitrogens with zero attached hydrogens (tertiary/aromatic N) is 2. The molecule has 21 heavy (non-hydrogen) atoms. The number of hydrogen-bond acceptors (Lipinski definition) is 4. The van der Waals surface area contributed by atoms with Crippen molar-refractivity contribution in [3.8, 4) is 5.75 Å². The van der Waals surface area contributed by atoms with Crippen molar-refractivity contribution in [2.75, 3.05) is 57.8 Å². The molecule has 0 bridgehead atoms. The van der Waals surface area contributed by atoms with E-state index in [1.807, 2.05) is 12.1 Å². The van der Waals surface area contributed by atoms with Gasteiger partial charge in [-0.15, -0.1) is 0 Å². The fourth-order valence-electron chi connectivity index (χ4n) is 2.73. The second-order valence-corrected chi connectivity index (χ2v) is 6.10. The molecule has 0 aliphatic carbocycles. The van der Waals surface area contributed by atoms with Crippen LogP contribution in [0.15, 0.2) is 24.3 Å². The van der Waals surface area contributed by atoms with Gasteiger partial charge in [-0.05, 0) is 24.6 Å². The van der Waals surface area contributed by atoms with E-state index >= 15 is 0 Å². The Morgan fingerprint density at radius 3 is 2.52 bits per heavy atom. The van der Waals surface area contributed by atoms with Crippen LogP contribution in [0.25, 0.3) is 0 Å². The molecule has 1 aliphatic rings. The predicted molar refractivity (Wildman–Crippen MR) is 89.4 cm³/mol. The maximum atomic E-state index is 5.46. The molecule has 2 rings (SSSR count). The summed E-state index contributed by atoms with van der Waals surface area (Å²) < 4.78 is 5.46. The molecule has 1 fully saturated rings. The molecule has 0 spiro atoms. The van der Waals surface area contributed by atoms with Crippen LogP contribution in [0.5, 0.6) is 5.75 Å². The van der Waals surface area contributed by atoms with Crippen LogP contribution in [0.2, 0.25) is 0 Å². The van der Waals surface area contributed by atoms with Crippen molar-refractivity contribution in [1.29, 1.82) is 0 Å². The van der Waals surface area contributed by atoms with Crippen LogP contribution in [0.3, 0.4) is 0 Å². The monoisotopic (exact) mass is 291 g/mol. The molecular weight excluding hydrogens is 262 g/mol. The van der Waals surface area contributed by atoms with Crippen molar-refractivity contribution in [2.24, 2.45) is 5.92 Å². The zero-order valence-corrected chi connectivity index (χ0v) is 13.6. The molecule has 1 N–H and O–H groups in total. The van der Waals surface area contributed by atoms with Crippen LogP contribution in [0.1, 0.15) is 13.8 Å². The Balaban J connectivity index is 1.75. The Bertz CT molecular complexity index is 414. The zero-order valence-electron chi connectivity index (χ0n) is 13.6. The maximum absolute atomic E-state index is 5.46. The third-order valence-corrected chi connectivity index (χ3v) is 3.96. The van der Waals surface area contributed by atoms with E-state index in [0.29, 0.717) is 0 Å². The normalized spacial score (nSPS) is 16.5. The van der Waals surface area contributed by atoms with Crippen molar-refractivity contribution in [2.45, 2.75) is 13.8 Å². The van der Waals surface area contributed by atoms with Crippen molar-refractivity contribution in [3.63, 3.8) is 0 Å². The van der Waals surface area contributed by atoms with Crippen molar-refractivity contribution in [3.05, 3.63) is 24.3 Å². The summed E-state index contributed by atoms with van der Waals surface area (Å²) in [6.45, 7) is 12.2. The van der Waals surface area contributed by atoms with Gasteiger partial charge in [0.15, 0.2) is 0 Å². The summed E-state index contributed by atoms with van der Waals surface area (Å²) in [6.07, 6.45) is 0. The SMILES string of the molecule is COc1ccccc1N1CCN(CCNCC(C)C)CC1. The highest BCUT2D eigenvalue weighted by molar-refractivity contribution is 5.58. The largest absolute Gasteiger partial charge is 0.495 e. The molecule has 4 nitrogen and oxygen atoms in total. The predicted octanol–water partition coefficient (Wildman–Crippen LogP) is 2.06. The van der Waals surface area contributed by atoms with Gasteiger partial charge in [0, 0.05) is 39.3 Å². The number of ether oxygens (including phenoxy) is 1. The molecule has 0 radical (unpaired) electrons. The third kappa shape index (κ3) is 4.90. The molecule has 0 saturated carbocycles. The van der Waals surface area contributed by atoms with Crippen LogP contribution >= 0.6 is 0 Å². The number of benzene rings is 1. The minimum Gasteiger partial charge on any atom is -0.495 e. The first-order valence-corrected chi connectivity index (χ1v) is 8.01. The van der Waals surface area contributed by atoms with E-state index in [1.165, 1.54) is 5.69 Å². The van der Waals surface area contributed by atoms with E-state index in [2.05, 4.69) is 41.1 Å². The fraction of sp³-hybridized carbons (Fsp3) is 0.647. The molecule has 1 aliphatic heterocycles. The van der Waals surface area contributed by atoms with Gasteiger partial charge in [0.25, 0.3) is 0 Å². The van der Waals surface area contributed by atoms with Crippen molar-refractivity contribution < 1.29 is 4.74 Å². The summed E-state index contributed by atoms with van der Waals surface area (Å²) in [4.78, 5) is 4.97. The van der Waals surface area contributed by atoms with E-state index in [0.717, 1.165) is 57.5 Å². The molecule has 118 valence electrons. The average molecular weight is 291 g/mol. The highest BCUT2D eigenvalue weighted by Gasteiger charge is 2.18. The lowest BCUT2D eigenvalue weighted by atomic mass is 10.2. The van der Waals surface area contributed by atoms with Gasteiger partial charge in [0.05, 0.1) is 12.8 Å². The van der Waals surface area contributed by atoms with Gasteiger partial charge in [-0.1, -0.05) is 26.0 Å². The van der Waals surface area contributed by atoms with Crippen LogP contribution in [-0.4, -0.2) is 57.8 Å². The molecule has 0 aromatic heterocycles. The van der Waals surface area contributed by atoms with Gasteiger partial charge >= 0.3 is 0 Å². The summed E-state index contributed by atoms with van der Waals surface area (Å²) in [7, 11) is 1.75. The first kappa shape index (κ1) is 16.1. The molecule has 0 unspecified atom stereocenters. The second kappa shape index (κ2) is 8.25. The van der Waals surface area contributed by atoms with Crippen LogP contribution < -0.4 is 15.0 Å². The Hall–Kier alpha value is -1.26.